The van der Waals surface area contributed by atoms with Crippen molar-refractivity contribution in [2.45, 2.75) is 32.0 Å². The summed E-state index contributed by atoms with van der Waals surface area (Å²) in [4.78, 5) is 24.2. The number of carbonyl (C=O) groups is 2. The fourth-order valence-corrected chi connectivity index (χ4v) is 2.48. The van der Waals surface area contributed by atoms with E-state index < -0.39 is 29.0 Å². The normalized spacial score (nSPS) is 33.0. The molecule has 6 heteroatoms. The van der Waals surface area contributed by atoms with E-state index in [-0.39, 0.29) is 19.5 Å². The summed E-state index contributed by atoms with van der Waals surface area (Å²) in [6, 6.07) is -0.486. The Morgan fingerprint density at radius 2 is 2.35 bits per heavy atom. The highest BCUT2D eigenvalue weighted by Crippen LogP contribution is 2.36. The first-order chi connectivity index (χ1) is 7.77. The van der Waals surface area contributed by atoms with Gasteiger partial charge in [0.2, 0.25) is 5.67 Å². The van der Waals surface area contributed by atoms with Gasteiger partial charge >= 0.3 is 5.97 Å². The van der Waals surface area contributed by atoms with Gasteiger partial charge in [-0.3, -0.25) is 9.59 Å². The minimum atomic E-state index is -1.82. The number of hydrogen-bond donors (Lipinski definition) is 2. The second-order valence-electron chi connectivity index (χ2n) is 5.49. The van der Waals surface area contributed by atoms with Gasteiger partial charge < -0.3 is 15.3 Å². The molecule has 2 aliphatic heterocycles. The van der Waals surface area contributed by atoms with Crippen LogP contribution in [0.25, 0.3) is 0 Å². The largest absolute Gasteiger partial charge is 0.481 e. The number of nitrogens with zero attached hydrogens (tertiary/aromatic N) is 1. The van der Waals surface area contributed by atoms with Gasteiger partial charge in [0.15, 0.2) is 0 Å². The van der Waals surface area contributed by atoms with Crippen molar-refractivity contribution in [1.82, 2.24) is 10.2 Å². The van der Waals surface area contributed by atoms with Crippen LogP contribution in [0.3, 0.4) is 0 Å². The number of fused-ring (bicyclic) bond motifs is 1. The first-order valence-electron chi connectivity index (χ1n) is 5.72. The minimum absolute atomic E-state index is 0.0466. The summed E-state index contributed by atoms with van der Waals surface area (Å²) in [5, 5.41) is 12.0. The third-order valence-corrected chi connectivity index (χ3v) is 3.64. The van der Waals surface area contributed by atoms with Crippen molar-refractivity contribution in [2.24, 2.45) is 5.41 Å². The predicted octanol–water partition coefficient (Wildman–Crippen LogP) is 0.00960. The second-order valence-corrected chi connectivity index (χ2v) is 5.49. The molecule has 0 saturated carbocycles. The van der Waals surface area contributed by atoms with Crippen molar-refractivity contribution in [3.05, 3.63) is 0 Å². The molecule has 2 saturated heterocycles. The lowest BCUT2D eigenvalue weighted by Gasteiger charge is -2.27. The van der Waals surface area contributed by atoms with Crippen molar-refractivity contribution in [3.63, 3.8) is 0 Å². The molecule has 0 aromatic rings. The number of amides is 1. The lowest BCUT2D eigenvalue weighted by molar-refractivity contribution is -0.150. The third-order valence-electron chi connectivity index (χ3n) is 3.64. The zero-order valence-electron chi connectivity index (χ0n) is 9.99. The Morgan fingerprint density at radius 1 is 1.71 bits per heavy atom. The Balaban J connectivity index is 2.11. The van der Waals surface area contributed by atoms with Crippen LogP contribution in [0, 0.1) is 5.41 Å². The van der Waals surface area contributed by atoms with E-state index in [1.165, 1.54) is 18.7 Å². The number of carboxylic acid groups (broad SMARTS) is 1. The number of hydrogen-bond acceptors (Lipinski definition) is 3. The van der Waals surface area contributed by atoms with Crippen LogP contribution in [0.2, 0.25) is 0 Å². The smallest absolute Gasteiger partial charge is 0.310 e. The number of nitrogens with one attached hydrogen (secondary N) is 1. The molecule has 17 heavy (non-hydrogen) atoms. The number of alkyl halides is 1. The second kappa shape index (κ2) is 3.66. The summed E-state index contributed by atoms with van der Waals surface area (Å²) in [5.41, 5.74) is -2.88. The Kier molecular flexibility index (Phi) is 2.65. The zero-order valence-corrected chi connectivity index (χ0v) is 9.99. The first kappa shape index (κ1) is 12.3. The van der Waals surface area contributed by atoms with Crippen molar-refractivity contribution in [3.8, 4) is 0 Å². The van der Waals surface area contributed by atoms with Crippen molar-refractivity contribution in [2.75, 3.05) is 19.6 Å². The number of halogens is 1. The van der Waals surface area contributed by atoms with Crippen LogP contribution >= 0.6 is 0 Å². The standard InChI is InChI=1S/C11H17FN2O3/c1-10(2,9(16)17)6-14-5-7-11(12,8(14)15)3-4-13-7/h7,13H,3-6H2,1-2H3,(H,16,17)/t7-,11+/m0/s1. The summed E-state index contributed by atoms with van der Waals surface area (Å²) in [5.74, 6) is -1.55. The molecular formula is C11H17FN2O3. The molecule has 2 rings (SSSR count). The Bertz CT molecular complexity index is 372. The molecular weight excluding hydrogens is 227 g/mol. The maximum absolute atomic E-state index is 14.3. The van der Waals surface area contributed by atoms with Crippen LogP contribution in [0.1, 0.15) is 20.3 Å². The number of carbonyl (C=O) groups excluding carboxylic acids is 1. The SMILES string of the molecule is CC(C)(CN1C[C@@H]2NCC[C@]2(F)C1=O)C(=O)O. The van der Waals surface area contributed by atoms with Gasteiger partial charge in [-0.15, -0.1) is 0 Å². The minimum Gasteiger partial charge on any atom is -0.481 e. The maximum Gasteiger partial charge on any atom is 0.310 e. The van der Waals surface area contributed by atoms with Gasteiger partial charge in [0.05, 0.1) is 11.5 Å². The average molecular weight is 244 g/mol. The van der Waals surface area contributed by atoms with E-state index in [4.69, 9.17) is 5.11 Å². The third kappa shape index (κ3) is 1.80. The van der Waals surface area contributed by atoms with Gasteiger partial charge in [-0.2, -0.15) is 0 Å². The lowest BCUT2D eigenvalue weighted by atomic mass is 9.93. The van der Waals surface area contributed by atoms with Crippen molar-refractivity contribution < 1.29 is 19.1 Å². The lowest BCUT2D eigenvalue weighted by Crippen LogP contribution is -2.43. The van der Waals surface area contributed by atoms with E-state index in [2.05, 4.69) is 5.32 Å². The molecule has 2 N–H and O–H groups in total. The van der Waals surface area contributed by atoms with Gasteiger partial charge in [0, 0.05) is 19.5 Å². The molecule has 2 fully saturated rings. The van der Waals surface area contributed by atoms with Gasteiger partial charge in [0.25, 0.3) is 5.91 Å². The summed E-state index contributed by atoms with van der Waals surface area (Å²) in [6.07, 6.45) is 0.181. The van der Waals surface area contributed by atoms with E-state index in [9.17, 15) is 14.0 Å². The summed E-state index contributed by atoms with van der Waals surface area (Å²) < 4.78 is 14.3. The van der Waals surface area contributed by atoms with Crippen LogP contribution in [-0.4, -0.2) is 53.2 Å². The van der Waals surface area contributed by atoms with Crippen LogP contribution in [0.5, 0.6) is 0 Å². The quantitative estimate of drug-likeness (QED) is 0.733. The van der Waals surface area contributed by atoms with E-state index in [1.807, 2.05) is 0 Å². The van der Waals surface area contributed by atoms with Gasteiger partial charge in [0.1, 0.15) is 0 Å². The maximum atomic E-state index is 14.3. The average Bonchev–Trinajstić information content (AvgIpc) is 2.67. The van der Waals surface area contributed by atoms with E-state index in [1.54, 1.807) is 0 Å². The summed E-state index contributed by atoms with van der Waals surface area (Å²) >= 11 is 0. The first-order valence-corrected chi connectivity index (χ1v) is 5.72. The molecule has 0 radical (unpaired) electrons. The molecule has 2 atom stereocenters. The van der Waals surface area contributed by atoms with E-state index >= 15 is 0 Å². The van der Waals surface area contributed by atoms with Crippen molar-refractivity contribution >= 4 is 11.9 Å². The van der Waals surface area contributed by atoms with E-state index in [0.717, 1.165) is 0 Å². The molecule has 2 aliphatic rings. The number of rotatable bonds is 3. The number of carboxylic acids is 1. The Hall–Kier alpha value is -1.17. The molecule has 1 amide bonds. The van der Waals surface area contributed by atoms with Crippen molar-refractivity contribution in [1.29, 1.82) is 0 Å². The molecule has 0 aliphatic carbocycles. The molecule has 0 aromatic carbocycles. The van der Waals surface area contributed by atoms with Crippen LogP contribution in [-0.2, 0) is 9.59 Å². The Labute approximate surface area is 99.0 Å². The highest BCUT2D eigenvalue weighted by Gasteiger charge is 2.58. The predicted molar refractivity (Wildman–Crippen MR) is 58.2 cm³/mol. The fourth-order valence-electron chi connectivity index (χ4n) is 2.48. The highest BCUT2D eigenvalue weighted by atomic mass is 19.1. The zero-order chi connectivity index (χ0) is 12.8. The van der Waals surface area contributed by atoms with Crippen LogP contribution < -0.4 is 5.32 Å². The van der Waals surface area contributed by atoms with E-state index in [0.29, 0.717) is 6.54 Å². The monoisotopic (exact) mass is 244 g/mol. The van der Waals surface area contributed by atoms with Crippen LogP contribution in [0.15, 0.2) is 0 Å². The number of aliphatic carboxylic acids is 1. The number of likely N-dealkylation sites (tertiary alicyclic amines) is 1. The van der Waals surface area contributed by atoms with Gasteiger partial charge in [-0.1, -0.05) is 0 Å². The molecule has 0 aromatic heterocycles. The van der Waals surface area contributed by atoms with Gasteiger partial charge in [-0.25, -0.2) is 4.39 Å². The van der Waals surface area contributed by atoms with Crippen LogP contribution in [0.4, 0.5) is 4.39 Å². The summed E-state index contributed by atoms with van der Waals surface area (Å²) in [7, 11) is 0. The molecule has 2 heterocycles. The molecule has 5 nitrogen and oxygen atoms in total. The fraction of sp³-hybridized carbons (Fsp3) is 0.818. The molecule has 0 bridgehead atoms. The highest BCUT2D eigenvalue weighted by molar-refractivity contribution is 5.89. The molecule has 0 spiro atoms. The Morgan fingerprint density at radius 3 is 2.88 bits per heavy atom. The molecule has 0 unspecified atom stereocenters. The summed E-state index contributed by atoms with van der Waals surface area (Å²) in [6.45, 7) is 3.88. The topological polar surface area (TPSA) is 69.6 Å². The van der Waals surface area contributed by atoms with Gasteiger partial charge in [-0.05, 0) is 20.4 Å². The molecule has 96 valence electrons.